The van der Waals surface area contributed by atoms with E-state index in [9.17, 15) is 0 Å². The Kier molecular flexibility index (Phi) is 4.74. The van der Waals surface area contributed by atoms with E-state index < -0.39 is 0 Å². The fraction of sp³-hybridized carbons (Fsp3) is 1.00. The molecule has 1 rings (SSSR count). The molecule has 2 heteroatoms. The third-order valence-corrected chi connectivity index (χ3v) is 2.96. The third kappa shape index (κ3) is 3.65. The highest BCUT2D eigenvalue weighted by molar-refractivity contribution is 4.78. The molecule has 1 fully saturated rings. The maximum absolute atomic E-state index is 8.90. The second kappa shape index (κ2) is 5.61. The summed E-state index contributed by atoms with van der Waals surface area (Å²) in [4.78, 5) is 2.55. The van der Waals surface area contributed by atoms with E-state index in [4.69, 9.17) is 5.11 Å². The van der Waals surface area contributed by atoms with Crippen molar-refractivity contribution in [3.8, 4) is 0 Å². The van der Waals surface area contributed by atoms with E-state index in [0.29, 0.717) is 12.6 Å². The monoisotopic (exact) mass is 185 g/mol. The molecule has 1 atom stereocenters. The van der Waals surface area contributed by atoms with E-state index in [-0.39, 0.29) is 0 Å². The average Bonchev–Trinajstić information content (AvgIpc) is 2.49. The van der Waals surface area contributed by atoms with Gasteiger partial charge in [-0.2, -0.15) is 0 Å². The Morgan fingerprint density at radius 3 is 2.85 bits per heavy atom. The van der Waals surface area contributed by atoms with Gasteiger partial charge in [-0.05, 0) is 44.7 Å². The van der Waals surface area contributed by atoms with Crippen LogP contribution in [0.15, 0.2) is 0 Å². The molecular formula is C11H23NO. The van der Waals surface area contributed by atoms with Crippen LogP contribution in [0.25, 0.3) is 0 Å². The molecule has 0 spiro atoms. The molecule has 1 N–H and O–H groups in total. The number of aliphatic hydroxyl groups is 1. The molecule has 1 heterocycles. The maximum atomic E-state index is 8.90. The molecule has 0 aromatic heterocycles. The Hall–Kier alpha value is -0.0800. The lowest BCUT2D eigenvalue weighted by atomic mass is 10.1. The van der Waals surface area contributed by atoms with Crippen LogP contribution in [0.2, 0.25) is 0 Å². The first-order valence-corrected chi connectivity index (χ1v) is 5.59. The number of hydrogen-bond donors (Lipinski definition) is 1. The van der Waals surface area contributed by atoms with Crippen molar-refractivity contribution in [3.63, 3.8) is 0 Å². The molecule has 78 valence electrons. The number of aliphatic hydroxyl groups excluding tert-OH is 1. The molecule has 1 saturated heterocycles. The van der Waals surface area contributed by atoms with Crippen LogP contribution >= 0.6 is 0 Å². The van der Waals surface area contributed by atoms with Crippen LogP contribution in [0.4, 0.5) is 0 Å². The highest BCUT2D eigenvalue weighted by Gasteiger charge is 2.23. The van der Waals surface area contributed by atoms with Gasteiger partial charge in [-0.15, -0.1) is 0 Å². The summed E-state index contributed by atoms with van der Waals surface area (Å²) in [7, 11) is 0. The summed E-state index contributed by atoms with van der Waals surface area (Å²) in [5, 5.41) is 8.90. The fourth-order valence-corrected chi connectivity index (χ4v) is 2.09. The molecule has 0 radical (unpaired) electrons. The molecular weight excluding hydrogens is 162 g/mol. The highest BCUT2D eigenvalue weighted by atomic mass is 16.3. The second-order valence-electron chi connectivity index (χ2n) is 4.53. The van der Waals surface area contributed by atoms with Crippen molar-refractivity contribution in [1.29, 1.82) is 0 Å². The largest absolute Gasteiger partial charge is 0.396 e. The highest BCUT2D eigenvalue weighted by Crippen LogP contribution is 2.20. The molecule has 2 nitrogen and oxygen atoms in total. The van der Waals surface area contributed by atoms with Gasteiger partial charge in [-0.1, -0.05) is 13.8 Å². The van der Waals surface area contributed by atoms with Crippen LogP contribution in [-0.2, 0) is 0 Å². The van der Waals surface area contributed by atoms with Crippen molar-refractivity contribution in [2.45, 2.75) is 45.6 Å². The predicted octanol–water partition coefficient (Wildman–Crippen LogP) is 1.88. The number of hydrogen-bond acceptors (Lipinski definition) is 2. The number of likely N-dealkylation sites (tertiary alicyclic amines) is 1. The Labute approximate surface area is 81.9 Å². The van der Waals surface area contributed by atoms with Gasteiger partial charge in [0.05, 0.1) is 0 Å². The lowest BCUT2D eigenvalue weighted by molar-refractivity contribution is 0.189. The average molecular weight is 185 g/mol. The SMILES string of the molecule is CC(C)CCN1CCCC1CCO. The Morgan fingerprint density at radius 1 is 1.46 bits per heavy atom. The van der Waals surface area contributed by atoms with Gasteiger partial charge in [-0.25, -0.2) is 0 Å². The smallest absolute Gasteiger partial charge is 0.0445 e. The molecule has 0 amide bonds. The summed E-state index contributed by atoms with van der Waals surface area (Å²) >= 11 is 0. The van der Waals surface area contributed by atoms with Crippen molar-refractivity contribution in [1.82, 2.24) is 4.90 Å². The second-order valence-corrected chi connectivity index (χ2v) is 4.53. The molecule has 0 bridgehead atoms. The van der Waals surface area contributed by atoms with Crippen molar-refractivity contribution >= 4 is 0 Å². The topological polar surface area (TPSA) is 23.5 Å². The van der Waals surface area contributed by atoms with Gasteiger partial charge in [0.15, 0.2) is 0 Å². The summed E-state index contributed by atoms with van der Waals surface area (Å²) in [5.74, 6) is 0.801. The summed E-state index contributed by atoms with van der Waals surface area (Å²) in [6.45, 7) is 7.37. The summed E-state index contributed by atoms with van der Waals surface area (Å²) in [5.41, 5.74) is 0. The standard InChI is InChI=1S/C11H23NO/c1-10(2)5-8-12-7-3-4-11(12)6-9-13/h10-11,13H,3-9H2,1-2H3. The van der Waals surface area contributed by atoms with Crippen molar-refractivity contribution in [2.75, 3.05) is 19.7 Å². The van der Waals surface area contributed by atoms with Crippen LogP contribution in [0, 0.1) is 5.92 Å². The summed E-state index contributed by atoms with van der Waals surface area (Å²) in [6.07, 6.45) is 4.88. The minimum absolute atomic E-state index is 0.350. The van der Waals surface area contributed by atoms with Gasteiger partial charge >= 0.3 is 0 Å². The van der Waals surface area contributed by atoms with E-state index in [1.165, 1.54) is 32.4 Å². The molecule has 1 aliphatic heterocycles. The number of rotatable bonds is 5. The molecule has 0 aromatic rings. The first-order chi connectivity index (χ1) is 6.24. The number of nitrogens with zero attached hydrogens (tertiary/aromatic N) is 1. The quantitative estimate of drug-likeness (QED) is 0.707. The van der Waals surface area contributed by atoms with Crippen molar-refractivity contribution in [2.24, 2.45) is 5.92 Å². The van der Waals surface area contributed by atoms with E-state index >= 15 is 0 Å². The maximum Gasteiger partial charge on any atom is 0.0445 e. The van der Waals surface area contributed by atoms with Gasteiger partial charge < -0.3 is 10.0 Å². The molecule has 0 aliphatic carbocycles. The Balaban J connectivity index is 2.22. The first-order valence-electron chi connectivity index (χ1n) is 5.59. The molecule has 1 unspecified atom stereocenters. The van der Waals surface area contributed by atoms with Gasteiger partial charge in [-0.3, -0.25) is 0 Å². The summed E-state index contributed by atoms with van der Waals surface area (Å²) < 4.78 is 0. The molecule has 13 heavy (non-hydrogen) atoms. The van der Waals surface area contributed by atoms with E-state index in [1.807, 2.05) is 0 Å². The lowest BCUT2D eigenvalue weighted by Gasteiger charge is -2.24. The lowest BCUT2D eigenvalue weighted by Crippen LogP contribution is -2.31. The Bertz CT molecular complexity index is 136. The van der Waals surface area contributed by atoms with Gasteiger partial charge in [0.25, 0.3) is 0 Å². The zero-order valence-electron chi connectivity index (χ0n) is 9.00. The minimum atomic E-state index is 0.350. The van der Waals surface area contributed by atoms with Crippen LogP contribution < -0.4 is 0 Å². The van der Waals surface area contributed by atoms with Gasteiger partial charge in [0, 0.05) is 12.6 Å². The fourth-order valence-electron chi connectivity index (χ4n) is 2.09. The minimum Gasteiger partial charge on any atom is -0.396 e. The third-order valence-electron chi connectivity index (χ3n) is 2.96. The first kappa shape index (κ1) is 11.0. The van der Waals surface area contributed by atoms with E-state index in [2.05, 4.69) is 18.7 Å². The molecule has 1 aliphatic rings. The van der Waals surface area contributed by atoms with E-state index in [1.54, 1.807) is 0 Å². The van der Waals surface area contributed by atoms with Gasteiger partial charge in [0.2, 0.25) is 0 Å². The Morgan fingerprint density at radius 2 is 2.23 bits per heavy atom. The normalized spacial score (nSPS) is 24.5. The van der Waals surface area contributed by atoms with Crippen LogP contribution in [0.1, 0.15) is 39.5 Å². The van der Waals surface area contributed by atoms with E-state index in [0.717, 1.165) is 12.3 Å². The van der Waals surface area contributed by atoms with Crippen LogP contribution in [0.5, 0.6) is 0 Å². The van der Waals surface area contributed by atoms with Crippen LogP contribution in [0.3, 0.4) is 0 Å². The molecule has 0 saturated carbocycles. The van der Waals surface area contributed by atoms with Gasteiger partial charge in [0.1, 0.15) is 0 Å². The zero-order valence-corrected chi connectivity index (χ0v) is 9.00. The van der Waals surface area contributed by atoms with Crippen molar-refractivity contribution < 1.29 is 5.11 Å². The zero-order chi connectivity index (χ0) is 9.68. The van der Waals surface area contributed by atoms with Crippen molar-refractivity contribution in [3.05, 3.63) is 0 Å². The molecule has 0 aromatic carbocycles. The summed E-state index contributed by atoms with van der Waals surface area (Å²) in [6, 6.07) is 0.670. The van der Waals surface area contributed by atoms with Crippen LogP contribution in [-0.4, -0.2) is 35.7 Å². The predicted molar refractivity (Wildman–Crippen MR) is 55.8 cm³/mol.